The standard InChI is InChI=1S/C70H40N6S2/c1-2-18-43(19-3-1)73-52-26-9-4-21-46(52)59-65-62(70-63(66(59)73)50-24-7-12-29-56(50)78-70)49-33-32-42(40-55(49)74(65)44-34-37-71-38-35-44)41-17-16-20-45(39-41)75-53-27-10-5-22-47(53)60-67(75)64-51-25-8-13-30-57(51)77-69(64)61-48-23-6-11-28-54(48)76(68(60)61)58-31-14-15-36-72-58/h1-40H. The molecule has 8 heterocycles. The average Bonchev–Trinajstić information content (AvgIpc) is 3.92. The van der Waals surface area contributed by atoms with Crippen LogP contribution in [0.25, 0.3) is 162 Å². The molecule has 18 rings (SSSR count). The highest BCUT2D eigenvalue weighted by Crippen LogP contribution is 2.54. The molecule has 362 valence electrons. The van der Waals surface area contributed by atoms with Crippen LogP contribution in [-0.2, 0) is 0 Å². The van der Waals surface area contributed by atoms with Gasteiger partial charge in [0.2, 0.25) is 0 Å². The Morgan fingerprint density at radius 3 is 1.35 bits per heavy atom. The normalized spacial score (nSPS) is 12.4. The number of rotatable bonds is 5. The van der Waals surface area contributed by atoms with Gasteiger partial charge in [0.25, 0.3) is 0 Å². The van der Waals surface area contributed by atoms with Gasteiger partial charge in [-0.3, -0.25) is 9.55 Å². The first kappa shape index (κ1) is 42.4. The van der Waals surface area contributed by atoms with Crippen molar-refractivity contribution in [2.45, 2.75) is 0 Å². The second-order valence-corrected chi connectivity index (χ2v) is 22.5. The minimum atomic E-state index is 0.902. The molecule has 10 aromatic carbocycles. The molecular formula is C70H40N6S2. The van der Waals surface area contributed by atoms with E-state index in [1.165, 1.54) is 111 Å². The monoisotopic (exact) mass is 1030 g/mol. The van der Waals surface area contributed by atoms with Crippen molar-refractivity contribution in [2.75, 3.05) is 0 Å². The maximum Gasteiger partial charge on any atom is 0.137 e. The number of hydrogen-bond donors (Lipinski definition) is 0. The SMILES string of the molecule is c1ccc(-n2c3ccccc3c3c4c(c5ccc(-c6cccc(-n7c8ccccc8c8c9c(c%10ccccc%10n9-c9ccccn9)c9sc%10ccccc%10c9c87)c6)cc5n4-c4ccncc4)c4sc5ccccc5c4c32)cc1. The zero-order valence-corrected chi connectivity index (χ0v) is 43.2. The van der Waals surface area contributed by atoms with E-state index in [1.807, 2.05) is 47.3 Å². The van der Waals surface area contributed by atoms with Crippen molar-refractivity contribution < 1.29 is 0 Å². The van der Waals surface area contributed by atoms with E-state index in [0.717, 1.165) is 50.6 Å². The van der Waals surface area contributed by atoms with Crippen molar-refractivity contribution in [3.63, 3.8) is 0 Å². The summed E-state index contributed by atoms with van der Waals surface area (Å²) in [7, 11) is 0. The summed E-state index contributed by atoms with van der Waals surface area (Å²) in [4.78, 5) is 9.57. The Bertz CT molecular complexity index is 5560. The summed E-state index contributed by atoms with van der Waals surface area (Å²) in [5, 5.41) is 15.0. The summed E-state index contributed by atoms with van der Waals surface area (Å²) in [5.74, 6) is 0.902. The molecule has 0 fully saturated rings. The lowest BCUT2D eigenvalue weighted by Gasteiger charge is -2.13. The largest absolute Gasteiger partial charge is 0.308 e. The Hall–Kier alpha value is -9.86. The maximum atomic E-state index is 5.02. The van der Waals surface area contributed by atoms with Crippen molar-refractivity contribution in [3.05, 3.63) is 243 Å². The second kappa shape index (κ2) is 15.8. The predicted molar refractivity (Wildman–Crippen MR) is 331 cm³/mol. The lowest BCUT2D eigenvalue weighted by atomic mass is 10.0. The maximum absolute atomic E-state index is 5.02. The molecule has 8 heteroatoms. The highest BCUT2D eigenvalue weighted by atomic mass is 32.1. The Kier molecular flexibility index (Phi) is 8.61. The quantitative estimate of drug-likeness (QED) is 0.172. The average molecular weight is 1030 g/mol. The molecule has 8 aromatic heterocycles. The zero-order chi connectivity index (χ0) is 50.7. The van der Waals surface area contributed by atoms with Gasteiger partial charge >= 0.3 is 0 Å². The third-order valence-electron chi connectivity index (χ3n) is 16.4. The van der Waals surface area contributed by atoms with Crippen LogP contribution in [-0.4, -0.2) is 28.2 Å². The van der Waals surface area contributed by atoms with E-state index in [2.05, 4.69) is 242 Å². The zero-order valence-electron chi connectivity index (χ0n) is 41.6. The number of nitrogens with zero attached hydrogens (tertiary/aromatic N) is 6. The Morgan fingerprint density at radius 2 is 0.731 bits per heavy atom. The van der Waals surface area contributed by atoms with Crippen molar-refractivity contribution in [1.82, 2.24) is 28.2 Å². The summed E-state index contributed by atoms with van der Waals surface area (Å²) in [5.41, 5.74) is 15.0. The summed E-state index contributed by atoms with van der Waals surface area (Å²) in [6, 6.07) is 82.5. The lowest BCUT2D eigenvalue weighted by Crippen LogP contribution is -1.98. The molecule has 18 aromatic rings. The van der Waals surface area contributed by atoms with Crippen LogP contribution < -0.4 is 0 Å². The van der Waals surface area contributed by atoms with Gasteiger partial charge in [-0.05, 0) is 96.1 Å². The van der Waals surface area contributed by atoms with Gasteiger partial charge in [0, 0.05) is 119 Å². The van der Waals surface area contributed by atoms with E-state index in [0.29, 0.717) is 0 Å². The predicted octanol–water partition coefficient (Wildman–Crippen LogP) is 19.3. The highest BCUT2D eigenvalue weighted by molar-refractivity contribution is 7.27. The summed E-state index contributed by atoms with van der Waals surface area (Å²) < 4.78 is 15.1. The molecular weight excluding hydrogens is 989 g/mol. The number of pyridine rings is 2. The fraction of sp³-hybridized carbons (Fsp3) is 0. The Balaban J connectivity index is 0.956. The molecule has 78 heavy (non-hydrogen) atoms. The number of thiophene rings is 2. The molecule has 0 saturated heterocycles. The molecule has 0 aliphatic carbocycles. The number of benzene rings is 10. The Morgan fingerprint density at radius 1 is 0.282 bits per heavy atom. The molecule has 0 amide bonds. The van der Waals surface area contributed by atoms with Crippen LogP contribution in [0.15, 0.2) is 243 Å². The van der Waals surface area contributed by atoms with Gasteiger partial charge in [0.1, 0.15) is 5.82 Å². The van der Waals surface area contributed by atoms with Gasteiger partial charge in [-0.25, -0.2) is 4.98 Å². The fourth-order valence-corrected chi connectivity index (χ4v) is 15.9. The van der Waals surface area contributed by atoms with Gasteiger partial charge < -0.3 is 13.7 Å². The molecule has 6 nitrogen and oxygen atoms in total. The van der Waals surface area contributed by atoms with Crippen LogP contribution in [0, 0.1) is 0 Å². The molecule has 0 unspecified atom stereocenters. The number of para-hydroxylation sites is 4. The van der Waals surface area contributed by atoms with E-state index in [9.17, 15) is 0 Å². The fourth-order valence-electron chi connectivity index (χ4n) is 13.4. The van der Waals surface area contributed by atoms with Gasteiger partial charge in [-0.1, -0.05) is 140 Å². The topological polar surface area (TPSA) is 45.5 Å². The molecule has 0 bridgehead atoms. The van der Waals surface area contributed by atoms with Crippen LogP contribution in [0.3, 0.4) is 0 Å². The third kappa shape index (κ3) is 5.59. The molecule has 0 spiro atoms. The van der Waals surface area contributed by atoms with Crippen molar-refractivity contribution in [3.8, 4) is 34.0 Å². The van der Waals surface area contributed by atoms with E-state index in [1.54, 1.807) is 0 Å². The Labute approximate surface area is 452 Å². The van der Waals surface area contributed by atoms with Crippen LogP contribution in [0.5, 0.6) is 0 Å². The first-order chi connectivity index (χ1) is 38.8. The summed E-state index contributed by atoms with van der Waals surface area (Å²) in [6.07, 6.45) is 5.75. The van der Waals surface area contributed by atoms with Crippen LogP contribution >= 0.6 is 22.7 Å². The minimum Gasteiger partial charge on any atom is -0.308 e. The molecule has 0 atom stereocenters. The highest BCUT2D eigenvalue weighted by Gasteiger charge is 2.29. The van der Waals surface area contributed by atoms with Crippen molar-refractivity contribution in [1.29, 1.82) is 0 Å². The first-order valence-electron chi connectivity index (χ1n) is 26.4. The van der Waals surface area contributed by atoms with Crippen LogP contribution in [0.2, 0.25) is 0 Å². The van der Waals surface area contributed by atoms with Crippen molar-refractivity contribution >= 4 is 150 Å². The third-order valence-corrected chi connectivity index (χ3v) is 18.8. The number of fused-ring (bicyclic) bond motifs is 24. The molecule has 0 radical (unpaired) electrons. The molecule has 0 saturated carbocycles. The molecule has 0 aliphatic heterocycles. The van der Waals surface area contributed by atoms with E-state index >= 15 is 0 Å². The van der Waals surface area contributed by atoms with Gasteiger partial charge in [-0.15, -0.1) is 22.7 Å². The molecule has 0 aliphatic rings. The second-order valence-electron chi connectivity index (χ2n) is 20.4. The molecule has 0 N–H and O–H groups in total. The van der Waals surface area contributed by atoms with Gasteiger partial charge in [0.05, 0.1) is 44.1 Å². The van der Waals surface area contributed by atoms with Crippen LogP contribution in [0.1, 0.15) is 0 Å². The first-order valence-corrected chi connectivity index (χ1v) is 28.0. The minimum absolute atomic E-state index is 0.902. The van der Waals surface area contributed by atoms with E-state index in [-0.39, 0.29) is 0 Å². The summed E-state index contributed by atoms with van der Waals surface area (Å²) >= 11 is 3.80. The number of aromatic nitrogens is 6. The smallest absolute Gasteiger partial charge is 0.137 e. The number of hydrogen-bond acceptors (Lipinski definition) is 4. The van der Waals surface area contributed by atoms with E-state index < -0.39 is 0 Å². The van der Waals surface area contributed by atoms with E-state index in [4.69, 9.17) is 4.98 Å². The lowest BCUT2D eigenvalue weighted by molar-refractivity contribution is 1.08. The summed E-state index contributed by atoms with van der Waals surface area (Å²) in [6.45, 7) is 0. The van der Waals surface area contributed by atoms with Crippen molar-refractivity contribution in [2.24, 2.45) is 0 Å². The van der Waals surface area contributed by atoms with Gasteiger partial charge in [0.15, 0.2) is 0 Å². The van der Waals surface area contributed by atoms with Crippen LogP contribution in [0.4, 0.5) is 0 Å². The van der Waals surface area contributed by atoms with Gasteiger partial charge in [-0.2, -0.15) is 0 Å².